The Kier molecular flexibility index (Phi) is 2.99. The van der Waals surface area contributed by atoms with Gasteiger partial charge < -0.3 is 10.5 Å². The second-order valence-corrected chi connectivity index (χ2v) is 4.57. The molecular weight excluding hydrogens is 224 g/mol. The molecule has 0 bridgehead atoms. The lowest BCUT2D eigenvalue weighted by atomic mass is 9.99. The van der Waals surface area contributed by atoms with Crippen LogP contribution in [0.5, 0.6) is 0 Å². The van der Waals surface area contributed by atoms with Crippen LogP contribution in [0.4, 0.5) is 0 Å². The molecule has 0 aliphatic carbocycles. The van der Waals surface area contributed by atoms with Crippen LogP contribution in [0, 0.1) is 0 Å². The average Bonchev–Trinajstić information content (AvgIpc) is 2.47. The molecule has 1 aromatic carbocycles. The number of nitrogens with two attached hydrogens (primary N) is 1. The van der Waals surface area contributed by atoms with E-state index in [9.17, 15) is 0 Å². The van der Waals surface area contributed by atoms with Gasteiger partial charge >= 0.3 is 0 Å². The molecule has 2 heterocycles. The van der Waals surface area contributed by atoms with Crippen molar-refractivity contribution in [3.8, 4) is 0 Å². The normalized spacial score (nSPS) is 17.1. The molecule has 1 aromatic heterocycles. The molecule has 0 radical (unpaired) electrons. The van der Waals surface area contributed by atoms with Crippen LogP contribution < -0.4 is 5.73 Å². The number of pyridine rings is 1. The molecule has 1 aliphatic heterocycles. The maximum absolute atomic E-state index is 6.25. The van der Waals surface area contributed by atoms with Gasteiger partial charge in [-0.15, -0.1) is 0 Å². The zero-order valence-electron chi connectivity index (χ0n) is 10.2. The van der Waals surface area contributed by atoms with Crippen LogP contribution >= 0.6 is 0 Å². The van der Waals surface area contributed by atoms with Crippen molar-refractivity contribution in [1.82, 2.24) is 4.98 Å². The first-order valence-corrected chi connectivity index (χ1v) is 6.26. The van der Waals surface area contributed by atoms with Crippen LogP contribution in [0.2, 0.25) is 0 Å². The van der Waals surface area contributed by atoms with Gasteiger partial charge in [0.05, 0.1) is 30.1 Å². The third-order valence-electron chi connectivity index (χ3n) is 3.30. The highest BCUT2D eigenvalue weighted by atomic mass is 16.5. The van der Waals surface area contributed by atoms with Gasteiger partial charge in [0.15, 0.2) is 0 Å². The molecule has 3 rings (SSSR count). The Balaban J connectivity index is 1.96. The molecular formula is C15H16N2O. The number of rotatable bonds is 2. The van der Waals surface area contributed by atoms with Crippen molar-refractivity contribution in [2.45, 2.75) is 18.9 Å². The average molecular weight is 240 g/mol. The summed E-state index contributed by atoms with van der Waals surface area (Å²) < 4.78 is 5.34. The third-order valence-corrected chi connectivity index (χ3v) is 3.30. The van der Waals surface area contributed by atoms with Gasteiger partial charge in [-0.05, 0) is 30.5 Å². The van der Waals surface area contributed by atoms with Crippen molar-refractivity contribution in [3.05, 3.63) is 53.9 Å². The molecule has 92 valence electrons. The maximum Gasteiger partial charge on any atom is 0.0876 e. The van der Waals surface area contributed by atoms with Crippen LogP contribution in [-0.4, -0.2) is 11.6 Å². The monoisotopic (exact) mass is 240 g/mol. The molecule has 0 saturated heterocycles. The largest absolute Gasteiger partial charge is 0.501 e. The molecule has 0 amide bonds. The molecule has 3 heteroatoms. The number of para-hydroxylation sites is 1. The Morgan fingerprint density at radius 1 is 1.17 bits per heavy atom. The first-order valence-electron chi connectivity index (χ1n) is 6.26. The number of aromatic nitrogens is 1. The quantitative estimate of drug-likeness (QED) is 0.878. The lowest BCUT2D eigenvalue weighted by Crippen LogP contribution is -2.17. The van der Waals surface area contributed by atoms with Crippen molar-refractivity contribution >= 4 is 10.9 Å². The topological polar surface area (TPSA) is 48.1 Å². The van der Waals surface area contributed by atoms with E-state index in [0.717, 1.165) is 41.6 Å². The molecule has 0 fully saturated rings. The minimum absolute atomic E-state index is 0.157. The molecule has 0 saturated carbocycles. The minimum Gasteiger partial charge on any atom is -0.501 e. The van der Waals surface area contributed by atoms with E-state index in [-0.39, 0.29) is 6.04 Å². The maximum atomic E-state index is 6.25. The highest BCUT2D eigenvalue weighted by molar-refractivity contribution is 5.78. The van der Waals surface area contributed by atoms with Gasteiger partial charge in [0.25, 0.3) is 0 Å². The zero-order valence-corrected chi connectivity index (χ0v) is 10.2. The van der Waals surface area contributed by atoms with Crippen molar-refractivity contribution < 1.29 is 4.74 Å². The SMILES string of the molecule is NC(C1=COCCC1)c1ccc2ccccc2n1. The van der Waals surface area contributed by atoms with Crippen molar-refractivity contribution in [1.29, 1.82) is 0 Å². The first-order chi connectivity index (χ1) is 8.84. The summed E-state index contributed by atoms with van der Waals surface area (Å²) in [6, 6.07) is 12.0. The summed E-state index contributed by atoms with van der Waals surface area (Å²) in [5, 5.41) is 1.14. The summed E-state index contributed by atoms with van der Waals surface area (Å²) in [6.45, 7) is 0.793. The van der Waals surface area contributed by atoms with E-state index < -0.39 is 0 Å². The predicted molar refractivity (Wildman–Crippen MR) is 71.9 cm³/mol. The molecule has 2 aromatic rings. The number of nitrogens with zero attached hydrogens (tertiary/aromatic N) is 1. The summed E-state index contributed by atoms with van der Waals surface area (Å²) in [7, 11) is 0. The fourth-order valence-corrected chi connectivity index (χ4v) is 2.26. The van der Waals surface area contributed by atoms with E-state index in [1.807, 2.05) is 24.3 Å². The standard InChI is InChI=1S/C15H16N2O/c16-15(12-5-3-9-18-10-12)14-8-7-11-4-1-2-6-13(11)17-14/h1-2,4,6-8,10,15H,3,5,9,16H2. The van der Waals surface area contributed by atoms with Crippen LogP contribution in [-0.2, 0) is 4.74 Å². The highest BCUT2D eigenvalue weighted by Crippen LogP contribution is 2.25. The van der Waals surface area contributed by atoms with Gasteiger partial charge in [0, 0.05) is 5.39 Å². The summed E-state index contributed by atoms with van der Waals surface area (Å²) in [4.78, 5) is 4.63. The Bertz CT molecular complexity index is 592. The van der Waals surface area contributed by atoms with Crippen molar-refractivity contribution in [2.24, 2.45) is 5.73 Å². The van der Waals surface area contributed by atoms with Crippen LogP contribution in [0.15, 0.2) is 48.2 Å². The van der Waals surface area contributed by atoms with Crippen LogP contribution in [0.1, 0.15) is 24.6 Å². The molecule has 1 aliphatic rings. The number of hydrogen-bond donors (Lipinski definition) is 1. The molecule has 2 N–H and O–H groups in total. The number of ether oxygens (including phenoxy) is 1. The van der Waals surface area contributed by atoms with E-state index in [0.29, 0.717) is 0 Å². The van der Waals surface area contributed by atoms with Gasteiger partial charge in [-0.25, -0.2) is 0 Å². The Morgan fingerprint density at radius 2 is 2.06 bits per heavy atom. The minimum atomic E-state index is -0.157. The molecule has 1 unspecified atom stereocenters. The Morgan fingerprint density at radius 3 is 2.89 bits per heavy atom. The van der Waals surface area contributed by atoms with E-state index in [2.05, 4.69) is 17.1 Å². The van der Waals surface area contributed by atoms with E-state index >= 15 is 0 Å². The van der Waals surface area contributed by atoms with Crippen LogP contribution in [0.3, 0.4) is 0 Å². The fraction of sp³-hybridized carbons (Fsp3) is 0.267. The second kappa shape index (κ2) is 4.78. The van der Waals surface area contributed by atoms with E-state index in [1.54, 1.807) is 6.26 Å². The molecule has 18 heavy (non-hydrogen) atoms. The van der Waals surface area contributed by atoms with Gasteiger partial charge in [0.2, 0.25) is 0 Å². The third kappa shape index (κ3) is 2.09. The Labute approximate surface area is 106 Å². The number of hydrogen-bond acceptors (Lipinski definition) is 3. The van der Waals surface area contributed by atoms with Gasteiger partial charge in [-0.2, -0.15) is 0 Å². The van der Waals surface area contributed by atoms with Gasteiger partial charge in [-0.3, -0.25) is 4.98 Å². The molecule has 3 nitrogen and oxygen atoms in total. The fourth-order valence-electron chi connectivity index (χ4n) is 2.26. The van der Waals surface area contributed by atoms with Gasteiger partial charge in [-0.1, -0.05) is 24.3 Å². The highest BCUT2D eigenvalue weighted by Gasteiger charge is 2.16. The number of benzene rings is 1. The molecule has 1 atom stereocenters. The zero-order chi connectivity index (χ0) is 12.4. The van der Waals surface area contributed by atoms with Crippen molar-refractivity contribution in [2.75, 3.05) is 6.61 Å². The van der Waals surface area contributed by atoms with E-state index in [4.69, 9.17) is 10.5 Å². The molecule has 0 spiro atoms. The summed E-state index contributed by atoms with van der Waals surface area (Å²) in [6.07, 6.45) is 3.83. The summed E-state index contributed by atoms with van der Waals surface area (Å²) >= 11 is 0. The lowest BCUT2D eigenvalue weighted by molar-refractivity contribution is 0.221. The predicted octanol–water partition coefficient (Wildman–Crippen LogP) is 2.93. The van der Waals surface area contributed by atoms with Gasteiger partial charge in [0.1, 0.15) is 0 Å². The smallest absolute Gasteiger partial charge is 0.0876 e. The van der Waals surface area contributed by atoms with Crippen LogP contribution in [0.25, 0.3) is 10.9 Å². The summed E-state index contributed by atoms with van der Waals surface area (Å²) in [5.41, 5.74) is 9.28. The van der Waals surface area contributed by atoms with Crippen molar-refractivity contribution in [3.63, 3.8) is 0 Å². The Hall–Kier alpha value is -1.87. The van der Waals surface area contributed by atoms with E-state index in [1.165, 1.54) is 0 Å². The lowest BCUT2D eigenvalue weighted by Gasteiger charge is -2.19. The first kappa shape index (κ1) is 11.2. The second-order valence-electron chi connectivity index (χ2n) is 4.57. The summed E-state index contributed by atoms with van der Waals surface area (Å²) in [5.74, 6) is 0. The number of fused-ring (bicyclic) bond motifs is 1.